The summed E-state index contributed by atoms with van der Waals surface area (Å²) < 4.78 is 0. The van der Waals surface area contributed by atoms with Gasteiger partial charge in [-0.15, -0.1) is 0 Å². The second-order valence-electron chi connectivity index (χ2n) is 0. The first kappa shape index (κ1) is 39.1. The van der Waals surface area contributed by atoms with E-state index in [0.29, 0.717) is 0 Å². The Labute approximate surface area is 64.6 Å². The van der Waals surface area contributed by atoms with E-state index >= 15 is 0 Å². The summed E-state index contributed by atoms with van der Waals surface area (Å²) in [5.74, 6) is 0. The van der Waals surface area contributed by atoms with Gasteiger partial charge in [-0.05, 0) is 0 Å². The summed E-state index contributed by atoms with van der Waals surface area (Å²) in [5.41, 5.74) is 0. The fraction of sp³-hybridized carbons (Fsp3) is 0. The van der Waals surface area contributed by atoms with E-state index in [9.17, 15) is 0 Å². The van der Waals surface area contributed by atoms with Gasteiger partial charge < -0.3 is 27.0 Å². The van der Waals surface area contributed by atoms with Crippen molar-refractivity contribution in [1.29, 1.82) is 0 Å². The molecule has 0 heterocycles. The van der Waals surface area contributed by atoms with Crippen LogP contribution in [0.2, 0.25) is 0 Å². The van der Waals surface area contributed by atoms with Crippen molar-refractivity contribution in [3.63, 3.8) is 0 Å². The average molecular weight is 180 g/mol. The van der Waals surface area contributed by atoms with Crippen molar-refractivity contribution in [2.75, 3.05) is 0 Å². The molecule has 0 aliphatic carbocycles. The van der Waals surface area contributed by atoms with Gasteiger partial charge in [0, 0.05) is 0 Å². The van der Waals surface area contributed by atoms with Gasteiger partial charge in [0.15, 0.2) is 0 Å². The van der Waals surface area contributed by atoms with Crippen LogP contribution in [0.4, 0.5) is 0 Å². The van der Waals surface area contributed by atoms with Crippen molar-refractivity contribution in [2.24, 2.45) is 0 Å². The van der Waals surface area contributed by atoms with E-state index in [2.05, 4.69) is 0 Å². The third kappa shape index (κ3) is 9.08. The second kappa shape index (κ2) is 20.6. The van der Waals surface area contributed by atoms with Gasteiger partial charge in [-0.3, -0.25) is 0 Å². The third-order valence-corrected chi connectivity index (χ3v) is 0. The SMILES string of the molecule is [S-2].[S-2].[V+5].[Zn+2]. The largest absolute Gasteiger partial charge is 5.00 e. The Morgan fingerprint density at radius 3 is 0.750 bits per heavy atom. The summed E-state index contributed by atoms with van der Waals surface area (Å²) in [4.78, 5) is 0. The fourth-order valence-electron chi connectivity index (χ4n) is 0. The standard InChI is InChI=1S/2S.V.Zn/q2*-2;+5;+2. The van der Waals surface area contributed by atoms with Crippen LogP contribution in [0.25, 0.3) is 0 Å². The number of rotatable bonds is 0. The zero-order valence-corrected chi connectivity index (χ0v) is 7.97. The summed E-state index contributed by atoms with van der Waals surface area (Å²) in [6.07, 6.45) is 0. The molecule has 0 fully saturated rings. The summed E-state index contributed by atoms with van der Waals surface area (Å²) in [6.45, 7) is 0. The minimum Gasteiger partial charge on any atom is -2.00 e. The molecule has 0 bridgehead atoms. The van der Waals surface area contributed by atoms with Crippen molar-refractivity contribution in [1.82, 2.24) is 0 Å². The monoisotopic (exact) mass is 179 g/mol. The second-order valence-corrected chi connectivity index (χ2v) is 0. The Morgan fingerprint density at radius 2 is 0.750 bits per heavy atom. The first-order valence-electron chi connectivity index (χ1n) is 0. The molecule has 0 nitrogen and oxygen atoms in total. The smallest absolute Gasteiger partial charge is 2.00 e. The molecule has 4 heavy (non-hydrogen) atoms. The molecule has 0 unspecified atom stereocenters. The third-order valence-electron chi connectivity index (χ3n) is 0. The molecular formula is S2VZn+3. The Kier molecular flexibility index (Phi) is 201. The molecule has 0 aliphatic heterocycles. The molecule has 0 spiro atoms. The van der Waals surface area contributed by atoms with Crippen molar-refractivity contribution in [3.8, 4) is 0 Å². The van der Waals surface area contributed by atoms with Crippen molar-refractivity contribution < 1.29 is 38.0 Å². The molecule has 0 atom stereocenters. The maximum Gasteiger partial charge on any atom is 5.00 e. The molecule has 0 radical (unpaired) electrons. The van der Waals surface area contributed by atoms with E-state index in [1.807, 2.05) is 0 Å². The van der Waals surface area contributed by atoms with Gasteiger partial charge in [0.2, 0.25) is 0 Å². The first-order chi connectivity index (χ1) is 0. The van der Waals surface area contributed by atoms with E-state index < -0.39 is 0 Å². The molecule has 16 valence electrons. The van der Waals surface area contributed by atoms with Crippen LogP contribution in [-0.4, -0.2) is 0 Å². The van der Waals surface area contributed by atoms with Crippen LogP contribution in [0.1, 0.15) is 0 Å². The Hall–Kier alpha value is 1.91. The predicted octanol–water partition coefficient (Wildman–Crippen LogP) is -0.00980. The molecule has 0 saturated heterocycles. The Bertz CT molecular complexity index is 6.00. The average Bonchev–Trinajstić information content (AvgIpc) is 0. The summed E-state index contributed by atoms with van der Waals surface area (Å²) in [7, 11) is 0. The van der Waals surface area contributed by atoms with Gasteiger partial charge in [-0.1, -0.05) is 0 Å². The van der Waals surface area contributed by atoms with E-state index in [1.165, 1.54) is 0 Å². The summed E-state index contributed by atoms with van der Waals surface area (Å²) in [5, 5.41) is 0. The van der Waals surface area contributed by atoms with E-state index in [1.54, 1.807) is 0 Å². The van der Waals surface area contributed by atoms with Crippen LogP contribution in [-0.2, 0) is 65.0 Å². The summed E-state index contributed by atoms with van der Waals surface area (Å²) in [6, 6.07) is 0. The molecular weight excluding hydrogens is 180 g/mol. The quantitative estimate of drug-likeness (QED) is 0.460. The van der Waals surface area contributed by atoms with Gasteiger partial charge in [0.1, 0.15) is 0 Å². The van der Waals surface area contributed by atoms with Crippen molar-refractivity contribution in [3.05, 3.63) is 0 Å². The minimum atomic E-state index is 0. The Balaban J connectivity index is 0. The summed E-state index contributed by atoms with van der Waals surface area (Å²) >= 11 is 0. The van der Waals surface area contributed by atoms with Crippen molar-refractivity contribution in [2.45, 2.75) is 0 Å². The van der Waals surface area contributed by atoms with Crippen LogP contribution in [0.3, 0.4) is 0 Å². The maximum atomic E-state index is 0. The van der Waals surface area contributed by atoms with Gasteiger partial charge in [-0.25, -0.2) is 0 Å². The molecule has 0 aliphatic rings. The fourth-order valence-corrected chi connectivity index (χ4v) is 0. The molecule has 0 aromatic rings. The van der Waals surface area contributed by atoms with Crippen LogP contribution >= 0.6 is 0 Å². The van der Waals surface area contributed by atoms with Crippen molar-refractivity contribution >= 4 is 27.0 Å². The van der Waals surface area contributed by atoms with Gasteiger partial charge >= 0.3 is 38.0 Å². The van der Waals surface area contributed by atoms with Crippen LogP contribution < -0.4 is 0 Å². The number of hydrogen-bond acceptors (Lipinski definition) is 0. The van der Waals surface area contributed by atoms with Gasteiger partial charge in [-0.2, -0.15) is 0 Å². The predicted molar refractivity (Wildman–Crippen MR) is 14.7 cm³/mol. The normalized spacial score (nSPS) is 0. The molecule has 0 amide bonds. The molecule has 4 heteroatoms. The minimum absolute atomic E-state index is 0. The van der Waals surface area contributed by atoms with E-state index in [0.717, 1.165) is 0 Å². The van der Waals surface area contributed by atoms with Crippen LogP contribution in [0, 0.1) is 0 Å². The zero-order valence-electron chi connectivity index (χ0n) is 1.97. The van der Waals surface area contributed by atoms with Gasteiger partial charge in [0.25, 0.3) is 0 Å². The zero-order chi connectivity index (χ0) is 0. The number of hydrogen-bond donors (Lipinski definition) is 0. The maximum absolute atomic E-state index is 0. The van der Waals surface area contributed by atoms with Crippen LogP contribution in [0.5, 0.6) is 0 Å². The molecule has 0 N–H and O–H groups in total. The molecule has 0 aromatic carbocycles. The first-order valence-corrected chi connectivity index (χ1v) is 0. The van der Waals surface area contributed by atoms with E-state index in [4.69, 9.17) is 0 Å². The molecule has 0 rings (SSSR count). The Morgan fingerprint density at radius 1 is 0.750 bits per heavy atom. The van der Waals surface area contributed by atoms with Crippen LogP contribution in [0.15, 0.2) is 0 Å². The topological polar surface area (TPSA) is 0 Å². The van der Waals surface area contributed by atoms with Gasteiger partial charge in [0.05, 0.1) is 0 Å². The molecule has 0 saturated carbocycles. The molecule has 0 aromatic heterocycles. The van der Waals surface area contributed by atoms with E-state index in [-0.39, 0.29) is 65.0 Å².